The van der Waals surface area contributed by atoms with Crippen LogP contribution in [0.2, 0.25) is 0 Å². The fourth-order valence-electron chi connectivity index (χ4n) is 0.314. The molecule has 0 unspecified atom stereocenters. The number of nitrogens with zero attached hydrogens (tertiary/aromatic N) is 1. The van der Waals surface area contributed by atoms with Gasteiger partial charge in [0.05, 0.1) is 10.7 Å². The smallest absolute Gasteiger partial charge is 0.213 e. The Labute approximate surface area is 53.8 Å². The summed E-state index contributed by atoms with van der Waals surface area (Å²) in [5.74, 6) is 0.227. The Morgan fingerprint density at radius 1 is 1.88 bits per heavy atom. The Hall–Kier alpha value is -0.640. The molecule has 8 heavy (non-hydrogen) atoms. The van der Waals surface area contributed by atoms with E-state index in [4.69, 9.17) is 0 Å². The Morgan fingerprint density at radius 3 is 2.88 bits per heavy atom. The standard InChI is InChI=1S/C4H2BrNO2/c5-3-1-6-8-4(3)2-7/h1-2H. The van der Waals surface area contributed by atoms with E-state index in [9.17, 15) is 4.79 Å². The molecule has 3 nitrogen and oxygen atoms in total. The lowest BCUT2D eigenvalue weighted by molar-refractivity contribution is 0.109. The van der Waals surface area contributed by atoms with Gasteiger partial charge in [-0.1, -0.05) is 5.16 Å². The van der Waals surface area contributed by atoms with Crippen molar-refractivity contribution in [1.82, 2.24) is 5.16 Å². The molecule has 0 bridgehead atoms. The van der Waals surface area contributed by atoms with Crippen LogP contribution in [0.4, 0.5) is 0 Å². The molecule has 1 heterocycles. The van der Waals surface area contributed by atoms with Crippen molar-refractivity contribution in [3.63, 3.8) is 0 Å². The Bertz CT molecular complexity index is 196. The number of aldehydes is 1. The number of carbonyl (C=O) groups excluding carboxylic acids is 1. The van der Waals surface area contributed by atoms with Crippen LogP contribution in [0.25, 0.3) is 0 Å². The van der Waals surface area contributed by atoms with Crippen molar-refractivity contribution < 1.29 is 9.32 Å². The maximum absolute atomic E-state index is 9.92. The predicted molar refractivity (Wildman–Crippen MR) is 29.6 cm³/mol. The Morgan fingerprint density at radius 2 is 2.62 bits per heavy atom. The van der Waals surface area contributed by atoms with E-state index in [2.05, 4.69) is 25.6 Å². The summed E-state index contributed by atoms with van der Waals surface area (Å²) in [7, 11) is 0. The molecule has 0 aliphatic heterocycles. The first kappa shape index (κ1) is 5.50. The molecule has 0 saturated heterocycles. The molecular formula is C4H2BrNO2. The summed E-state index contributed by atoms with van der Waals surface area (Å²) in [6, 6.07) is 0. The molecule has 42 valence electrons. The van der Waals surface area contributed by atoms with E-state index >= 15 is 0 Å². The molecule has 0 amide bonds. The summed E-state index contributed by atoms with van der Waals surface area (Å²) >= 11 is 3.04. The van der Waals surface area contributed by atoms with Crippen molar-refractivity contribution >= 4 is 22.2 Å². The van der Waals surface area contributed by atoms with Gasteiger partial charge in [-0.15, -0.1) is 0 Å². The summed E-state index contributed by atoms with van der Waals surface area (Å²) in [5, 5.41) is 3.34. The second-order valence-corrected chi connectivity index (χ2v) is 2.01. The summed E-state index contributed by atoms with van der Waals surface area (Å²) in [5.41, 5.74) is 0. The zero-order valence-corrected chi connectivity index (χ0v) is 5.38. The van der Waals surface area contributed by atoms with Crippen molar-refractivity contribution in [2.75, 3.05) is 0 Å². The van der Waals surface area contributed by atoms with Crippen LogP contribution in [0.3, 0.4) is 0 Å². The molecular weight excluding hydrogens is 174 g/mol. The maximum atomic E-state index is 9.92. The molecule has 0 spiro atoms. The first-order valence-electron chi connectivity index (χ1n) is 1.90. The number of halogens is 1. The SMILES string of the molecule is O=Cc1oncc1Br. The molecule has 1 rings (SSSR count). The molecule has 0 radical (unpaired) electrons. The van der Waals surface area contributed by atoms with Crippen LogP contribution in [-0.4, -0.2) is 11.4 Å². The minimum Gasteiger partial charge on any atom is -0.352 e. The average Bonchev–Trinajstić information content (AvgIpc) is 2.14. The van der Waals surface area contributed by atoms with Gasteiger partial charge in [-0.3, -0.25) is 4.79 Å². The quantitative estimate of drug-likeness (QED) is 0.604. The van der Waals surface area contributed by atoms with Gasteiger partial charge < -0.3 is 4.52 Å². The fraction of sp³-hybridized carbons (Fsp3) is 0. The van der Waals surface area contributed by atoms with Crippen LogP contribution in [0, 0.1) is 0 Å². The van der Waals surface area contributed by atoms with Crippen molar-refractivity contribution in [1.29, 1.82) is 0 Å². The van der Waals surface area contributed by atoms with E-state index in [0.29, 0.717) is 10.8 Å². The highest BCUT2D eigenvalue weighted by Crippen LogP contribution is 2.11. The van der Waals surface area contributed by atoms with Crippen LogP contribution in [-0.2, 0) is 0 Å². The van der Waals surface area contributed by atoms with E-state index < -0.39 is 0 Å². The lowest BCUT2D eigenvalue weighted by Gasteiger charge is -1.72. The van der Waals surface area contributed by atoms with Gasteiger partial charge in [0.15, 0.2) is 6.29 Å². The van der Waals surface area contributed by atoms with E-state index in [0.717, 1.165) is 0 Å². The third kappa shape index (κ3) is 0.790. The minimum absolute atomic E-state index is 0.227. The first-order valence-corrected chi connectivity index (χ1v) is 2.69. The van der Waals surface area contributed by atoms with E-state index in [-0.39, 0.29) is 5.76 Å². The van der Waals surface area contributed by atoms with Crippen molar-refractivity contribution in [3.8, 4) is 0 Å². The van der Waals surface area contributed by atoms with Crippen LogP contribution in [0.5, 0.6) is 0 Å². The topological polar surface area (TPSA) is 43.1 Å². The largest absolute Gasteiger partial charge is 0.352 e. The summed E-state index contributed by atoms with van der Waals surface area (Å²) < 4.78 is 5.04. The van der Waals surface area contributed by atoms with Gasteiger partial charge in [0.2, 0.25) is 5.76 Å². The van der Waals surface area contributed by atoms with Gasteiger partial charge in [-0.25, -0.2) is 0 Å². The molecule has 0 N–H and O–H groups in total. The number of carbonyl (C=O) groups is 1. The molecule has 0 aromatic carbocycles. The number of hydrogen-bond donors (Lipinski definition) is 0. The molecule has 0 aliphatic rings. The molecule has 1 aromatic heterocycles. The molecule has 0 saturated carbocycles. The lowest BCUT2D eigenvalue weighted by atomic mass is 10.5. The monoisotopic (exact) mass is 175 g/mol. The van der Waals surface area contributed by atoms with Crippen LogP contribution < -0.4 is 0 Å². The van der Waals surface area contributed by atoms with E-state index in [1.807, 2.05) is 0 Å². The number of hydrogen-bond acceptors (Lipinski definition) is 3. The zero-order valence-electron chi connectivity index (χ0n) is 3.80. The highest BCUT2D eigenvalue weighted by atomic mass is 79.9. The summed E-state index contributed by atoms with van der Waals surface area (Å²) in [6.07, 6.45) is 2.01. The van der Waals surface area contributed by atoms with Gasteiger partial charge in [0.25, 0.3) is 0 Å². The lowest BCUT2D eigenvalue weighted by Crippen LogP contribution is -1.70. The third-order valence-electron chi connectivity index (χ3n) is 0.660. The highest BCUT2D eigenvalue weighted by molar-refractivity contribution is 9.10. The number of aromatic nitrogens is 1. The zero-order chi connectivity index (χ0) is 5.98. The minimum atomic E-state index is 0.227. The van der Waals surface area contributed by atoms with E-state index in [1.165, 1.54) is 6.20 Å². The Balaban J connectivity index is 3.09. The van der Waals surface area contributed by atoms with Crippen LogP contribution in [0.1, 0.15) is 10.6 Å². The Kier molecular flexibility index (Phi) is 1.43. The van der Waals surface area contributed by atoms with Gasteiger partial charge in [-0.05, 0) is 15.9 Å². The average molecular weight is 176 g/mol. The van der Waals surface area contributed by atoms with Crippen molar-refractivity contribution in [2.45, 2.75) is 0 Å². The molecule has 0 aliphatic carbocycles. The predicted octanol–water partition coefficient (Wildman–Crippen LogP) is 1.25. The second kappa shape index (κ2) is 2.09. The number of rotatable bonds is 1. The van der Waals surface area contributed by atoms with Crippen molar-refractivity contribution in [3.05, 3.63) is 16.4 Å². The molecule has 0 atom stereocenters. The summed E-state index contributed by atoms with van der Waals surface area (Å²) in [6.45, 7) is 0. The maximum Gasteiger partial charge on any atom is 0.213 e. The van der Waals surface area contributed by atoms with Gasteiger partial charge in [-0.2, -0.15) is 0 Å². The van der Waals surface area contributed by atoms with Crippen LogP contribution in [0.15, 0.2) is 15.2 Å². The van der Waals surface area contributed by atoms with Crippen molar-refractivity contribution in [2.24, 2.45) is 0 Å². The van der Waals surface area contributed by atoms with E-state index in [1.54, 1.807) is 0 Å². The van der Waals surface area contributed by atoms with Gasteiger partial charge in [0, 0.05) is 0 Å². The molecule has 0 fully saturated rings. The van der Waals surface area contributed by atoms with Gasteiger partial charge >= 0.3 is 0 Å². The fourth-order valence-corrected chi connectivity index (χ4v) is 0.564. The molecule has 1 aromatic rings. The van der Waals surface area contributed by atoms with Crippen LogP contribution >= 0.6 is 15.9 Å². The second-order valence-electron chi connectivity index (χ2n) is 1.16. The summed E-state index contributed by atoms with van der Waals surface area (Å²) in [4.78, 5) is 9.92. The normalized spacial score (nSPS) is 9.12. The molecule has 4 heteroatoms. The first-order chi connectivity index (χ1) is 3.84. The van der Waals surface area contributed by atoms with Gasteiger partial charge in [0.1, 0.15) is 0 Å². The third-order valence-corrected chi connectivity index (χ3v) is 1.26. The highest BCUT2D eigenvalue weighted by Gasteiger charge is 1.99.